The van der Waals surface area contributed by atoms with Crippen molar-refractivity contribution in [2.45, 2.75) is 49.9 Å². The van der Waals surface area contributed by atoms with Gasteiger partial charge >= 0.3 is 0 Å². The summed E-state index contributed by atoms with van der Waals surface area (Å²) in [5.74, 6) is 0. The third-order valence-corrected chi connectivity index (χ3v) is 6.03. The zero-order chi connectivity index (χ0) is 17.4. The lowest BCUT2D eigenvalue weighted by Crippen LogP contribution is -2.49. The van der Waals surface area contributed by atoms with Crippen LogP contribution in [0.2, 0.25) is 0 Å². The normalized spacial score (nSPS) is 28.9. The van der Waals surface area contributed by atoms with Gasteiger partial charge in [0.2, 0.25) is 0 Å². The number of benzene rings is 2. The molecule has 2 heterocycles. The molecule has 0 aliphatic carbocycles. The minimum atomic E-state index is -0.689. The summed E-state index contributed by atoms with van der Waals surface area (Å²) in [6.45, 7) is 1.00. The van der Waals surface area contributed by atoms with Gasteiger partial charge in [-0.25, -0.2) is 0 Å². The Balaban J connectivity index is 1.55. The Labute approximate surface area is 150 Å². The first-order valence-corrected chi connectivity index (χ1v) is 9.35. The van der Waals surface area contributed by atoms with Crippen LogP contribution >= 0.6 is 0 Å². The number of rotatable bonds is 4. The van der Waals surface area contributed by atoms with Crippen molar-refractivity contribution in [1.82, 2.24) is 4.90 Å². The van der Waals surface area contributed by atoms with Crippen molar-refractivity contribution >= 4 is 5.69 Å². The van der Waals surface area contributed by atoms with Gasteiger partial charge in [0.1, 0.15) is 0 Å². The lowest BCUT2D eigenvalue weighted by atomic mass is 9.80. The number of fused-ring (bicyclic) bond motifs is 2. The molecule has 2 saturated heterocycles. The highest BCUT2D eigenvalue weighted by Gasteiger charge is 2.48. The van der Waals surface area contributed by atoms with E-state index < -0.39 is 5.60 Å². The zero-order valence-electron chi connectivity index (χ0n) is 15.2. The first-order chi connectivity index (χ1) is 12.0. The molecule has 2 aromatic carbocycles. The Morgan fingerprint density at radius 3 is 2.32 bits per heavy atom. The number of piperidine rings is 1. The minimum absolute atomic E-state index is 0.479. The fraction of sp³-hybridized carbons (Fsp3) is 0.455. The Bertz CT molecular complexity index is 714. The molecule has 2 fully saturated rings. The predicted octanol–water partition coefficient (Wildman–Crippen LogP) is 3.77. The van der Waals surface area contributed by atoms with Crippen LogP contribution in [0.25, 0.3) is 0 Å². The molecule has 25 heavy (non-hydrogen) atoms. The fourth-order valence-corrected chi connectivity index (χ4v) is 4.68. The van der Waals surface area contributed by atoms with Crippen LogP contribution in [-0.2, 0) is 12.1 Å². The molecule has 2 bridgehead atoms. The summed E-state index contributed by atoms with van der Waals surface area (Å²) >= 11 is 0. The van der Waals surface area contributed by atoms with Crippen molar-refractivity contribution in [3.05, 3.63) is 65.7 Å². The van der Waals surface area contributed by atoms with Gasteiger partial charge in [-0.15, -0.1) is 0 Å². The highest BCUT2D eigenvalue weighted by atomic mass is 16.3. The average molecular weight is 336 g/mol. The van der Waals surface area contributed by atoms with Gasteiger partial charge in [-0.3, -0.25) is 4.90 Å². The SMILES string of the molecule is CN(C)c1cccc(C2(O)CC3CCC(C2)N3Cc2ccccc2)c1. The van der Waals surface area contributed by atoms with Crippen LogP contribution in [0, 0.1) is 0 Å². The van der Waals surface area contributed by atoms with Gasteiger partial charge in [0.25, 0.3) is 0 Å². The second kappa shape index (κ2) is 6.47. The van der Waals surface area contributed by atoms with Gasteiger partial charge in [-0.05, 0) is 48.9 Å². The van der Waals surface area contributed by atoms with Crippen molar-refractivity contribution in [3.8, 4) is 0 Å². The van der Waals surface area contributed by atoms with Crippen LogP contribution in [0.5, 0.6) is 0 Å². The molecular formula is C22H28N2O. The molecule has 0 saturated carbocycles. The Kier molecular flexibility index (Phi) is 4.30. The maximum absolute atomic E-state index is 11.5. The van der Waals surface area contributed by atoms with Gasteiger partial charge in [-0.1, -0.05) is 42.5 Å². The van der Waals surface area contributed by atoms with Crippen molar-refractivity contribution in [2.75, 3.05) is 19.0 Å². The standard InChI is InChI=1S/C22H28N2O/c1-23(2)19-10-6-9-18(13-19)22(25)14-20-11-12-21(15-22)24(20)16-17-7-4-3-5-8-17/h3-10,13,20-21,25H,11-12,14-16H2,1-2H3. The highest BCUT2D eigenvalue weighted by Crippen LogP contribution is 2.46. The Morgan fingerprint density at radius 1 is 1.00 bits per heavy atom. The van der Waals surface area contributed by atoms with Crippen molar-refractivity contribution in [3.63, 3.8) is 0 Å². The molecule has 3 heteroatoms. The van der Waals surface area contributed by atoms with Gasteiger partial charge in [-0.2, -0.15) is 0 Å². The number of hydrogen-bond donors (Lipinski definition) is 1. The smallest absolute Gasteiger partial charge is 0.0927 e. The molecule has 0 spiro atoms. The molecule has 1 N–H and O–H groups in total. The summed E-state index contributed by atoms with van der Waals surface area (Å²) < 4.78 is 0. The minimum Gasteiger partial charge on any atom is -0.385 e. The van der Waals surface area contributed by atoms with Gasteiger partial charge in [0.05, 0.1) is 5.60 Å². The van der Waals surface area contributed by atoms with Crippen molar-refractivity contribution < 1.29 is 5.11 Å². The monoisotopic (exact) mass is 336 g/mol. The van der Waals surface area contributed by atoms with E-state index in [4.69, 9.17) is 0 Å². The number of anilines is 1. The maximum Gasteiger partial charge on any atom is 0.0927 e. The lowest BCUT2D eigenvalue weighted by Gasteiger charge is -2.44. The van der Waals surface area contributed by atoms with E-state index in [-0.39, 0.29) is 0 Å². The lowest BCUT2D eigenvalue weighted by molar-refractivity contribution is -0.0594. The quantitative estimate of drug-likeness (QED) is 0.921. The van der Waals surface area contributed by atoms with Gasteiger partial charge in [0, 0.05) is 38.4 Å². The second-order valence-electron chi connectivity index (χ2n) is 7.93. The van der Waals surface area contributed by atoms with E-state index >= 15 is 0 Å². The molecule has 0 aromatic heterocycles. The summed E-state index contributed by atoms with van der Waals surface area (Å²) in [4.78, 5) is 4.73. The molecule has 4 rings (SSSR count). The third-order valence-electron chi connectivity index (χ3n) is 6.03. The van der Waals surface area contributed by atoms with Gasteiger partial charge in [0.15, 0.2) is 0 Å². The van der Waals surface area contributed by atoms with Crippen LogP contribution in [-0.4, -0.2) is 36.2 Å². The van der Waals surface area contributed by atoms with Crippen LogP contribution in [0.3, 0.4) is 0 Å². The molecule has 2 atom stereocenters. The van der Waals surface area contributed by atoms with Crippen LogP contribution < -0.4 is 4.90 Å². The molecule has 3 nitrogen and oxygen atoms in total. The van der Waals surface area contributed by atoms with E-state index in [0.29, 0.717) is 12.1 Å². The molecular weight excluding hydrogens is 308 g/mol. The van der Waals surface area contributed by atoms with Crippen molar-refractivity contribution in [1.29, 1.82) is 0 Å². The first kappa shape index (κ1) is 16.6. The summed E-state index contributed by atoms with van der Waals surface area (Å²) in [7, 11) is 4.10. The fourth-order valence-electron chi connectivity index (χ4n) is 4.68. The zero-order valence-corrected chi connectivity index (χ0v) is 15.2. The summed E-state index contributed by atoms with van der Waals surface area (Å²) in [6.07, 6.45) is 4.08. The number of nitrogens with zero attached hydrogens (tertiary/aromatic N) is 2. The topological polar surface area (TPSA) is 26.7 Å². The van der Waals surface area contributed by atoms with Crippen LogP contribution in [0.15, 0.2) is 54.6 Å². The molecule has 2 unspecified atom stereocenters. The summed E-state index contributed by atoms with van der Waals surface area (Å²) in [5.41, 5.74) is 2.92. The highest BCUT2D eigenvalue weighted by molar-refractivity contribution is 5.48. The van der Waals surface area contributed by atoms with E-state index in [2.05, 4.69) is 78.5 Å². The van der Waals surface area contributed by atoms with Crippen LogP contribution in [0.4, 0.5) is 5.69 Å². The largest absolute Gasteiger partial charge is 0.385 e. The summed E-state index contributed by atoms with van der Waals surface area (Å²) in [6, 6.07) is 20.1. The molecule has 0 radical (unpaired) electrons. The van der Waals surface area contributed by atoms with E-state index in [9.17, 15) is 5.11 Å². The first-order valence-electron chi connectivity index (χ1n) is 9.35. The summed E-state index contributed by atoms with van der Waals surface area (Å²) in [5, 5.41) is 11.5. The van der Waals surface area contributed by atoms with E-state index in [1.807, 2.05) is 0 Å². The number of hydrogen-bond acceptors (Lipinski definition) is 3. The molecule has 132 valence electrons. The molecule has 0 amide bonds. The molecule has 2 aromatic rings. The maximum atomic E-state index is 11.5. The molecule has 2 aliphatic rings. The number of aliphatic hydroxyl groups is 1. The Morgan fingerprint density at radius 2 is 1.68 bits per heavy atom. The predicted molar refractivity (Wildman–Crippen MR) is 103 cm³/mol. The Hall–Kier alpha value is -1.84. The van der Waals surface area contributed by atoms with E-state index in [1.54, 1.807) is 0 Å². The van der Waals surface area contributed by atoms with E-state index in [1.165, 1.54) is 18.4 Å². The third kappa shape index (κ3) is 3.19. The van der Waals surface area contributed by atoms with Crippen molar-refractivity contribution in [2.24, 2.45) is 0 Å². The average Bonchev–Trinajstić information content (AvgIpc) is 2.87. The second-order valence-corrected chi connectivity index (χ2v) is 7.93. The molecule has 2 aliphatic heterocycles. The van der Waals surface area contributed by atoms with E-state index in [0.717, 1.165) is 30.6 Å². The van der Waals surface area contributed by atoms with Gasteiger partial charge < -0.3 is 10.0 Å². The van der Waals surface area contributed by atoms with Crippen LogP contribution in [0.1, 0.15) is 36.8 Å².